The molecule has 0 spiro atoms. The largest absolute Gasteiger partial charge is 0.378 e. The minimum absolute atomic E-state index is 0.0698. The third kappa shape index (κ3) is 3.66. The molecule has 0 bridgehead atoms. The van der Waals surface area contributed by atoms with E-state index in [0.717, 1.165) is 0 Å². The molecular formula is C15H15FN2O2S. The predicted molar refractivity (Wildman–Crippen MR) is 81.7 cm³/mol. The van der Waals surface area contributed by atoms with Crippen LogP contribution in [0.5, 0.6) is 0 Å². The van der Waals surface area contributed by atoms with Crippen LogP contribution in [0.1, 0.15) is 20.0 Å². The van der Waals surface area contributed by atoms with E-state index in [1.165, 1.54) is 23.5 Å². The molecule has 0 aliphatic rings. The number of nitrogens with zero attached hydrogens (tertiary/aromatic N) is 1. The zero-order valence-corrected chi connectivity index (χ0v) is 12.5. The molecule has 21 heavy (non-hydrogen) atoms. The van der Waals surface area contributed by atoms with E-state index >= 15 is 0 Å². The first kappa shape index (κ1) is 15.2. The molecule has 4 nitrogen and oxygen atoms in total. The fourth-order valence-electron chi connectivity index (χ4n) is 1.75. The summed E-state index contributed by atoms with van der Waals surface area (Å²) < 4.78 is 13.9. The molecule has 0 unspecified atom stereocenters. The van der Waals surface area contributed by atoms with Crippen LogP contribution < -0.4 is 10.2 Å². The highest BCUT2D eigenvalue weighted by Crippen LogP contribution is 2.16. The molecule has 0 aliphatic heterocycles. The Morgan fingerprint density at radius 1 is 1.29 bits per heavy atom. The Balaban J connectivity index is 2.02. The highest BCUT2D eigenvalue weighted by molar-refractivity contribution is 7.12. The zero-order valence-electron chi connectivity index (χ0n) is 11.7. The molecule has 1 aromatic carbocycles. The van der Waals surface area contributed by atoms with E-state index in [1.807, 2.05) is 0 Å². The van der Waals surface area contributed by atoms with Crippen molar-refractivity contribution < 1.29 is 14.0 Å². The van der Waals surface area contributed by atoms with Gasteiger partial charge in [-0.3, -0.25) is 9.59 Å². The third-order valence-electron chi connectivity index (χ3n) is 2.92. The molecular weight excluding hydrogens is 291 g/mol. The molecule has 2 rings (SSSR count). The van der Waals surface area contributed by atoms with Gasteiger partial charge in [0.2, 0.25) is 0 Å². The van der Waals surface area contributed by atoms with Gasteiger partial charge in [0.1, 0.15) is 5.82 Å². The van der Waals surface area contributed by atoms with Crippen LogP contribution in [0.15, 0.2) is 35.7 Å². The molecule has 0 aliphatic carbocycles. The lowest BCUT2D eigenvalue weighted by molar-refractivity contribution is 0.0903. The molecule has 1 heterocycles. The van der Waals surface area contributed by atoms with Crippen LogP contribution in [0, 0.1) is 5.82 Å². The molecule has 0 atom stereocenters. The second kappa shape index (κ2) is 6.49. The van der Waals surface area contributed by atoms with Gasteiger partial charge < -0.3 is 10.2 Å². The second-order valence-electron chi connectivity index (χ2n) is 4.64. The average Bonchev–Trinajstić information content (AvgIpc) is 2.98. The number of ketones is 1. The van der Waals surface area contributed by atoms with Crippen LogP contribution in [0.25, 0.3) is 0 Å². The van der Waals surface area contributed by atoms with Crippen molar-refractivity contribution in [3.05, 3.63) is 52.0 Å². The number of halogens is 1. The highest BCUT2D eigenvalue weighted by atomic mass is 32.1. The first-order chi connectivity index (χ1) is 9.99. The van der Waals surface area contributed by atoms with E-state index in [2.05, 4.69) is 5.32 Å². The van der Waals surface area contributed by atoms with Crippen molar-refractivity contribution in [2.45, 2.75) is 0 Å². The second-order valence-corrected chi connectivity index (χ2v) is 5.59. The van der Waals surface area contributed by atoms with Crippen molar-refractivity contribution >= 4 is 28.7 Å². The Morgan fingerprint density at radius 3 is 2.62 bits per heavy atom. The van der Waals surface area contributed by atoms with Gasteiger partial charge in [0.15, 0.2) is 5.78 Å². The molecule has 1 amide bonds. The number of benzene rings is 1. The van der Waals surface area contributed by atoms with E-state index < -0.39 is 11.7 Å². The standard InChI is InChI=1S/C15H15FN2O2S/c1-18(2)10-5-6-11(12(16)8-10)15(20)17-9-13(19)14-4-3-7-21-14/h3-8H,9H2,1-2H3,(H,17,20). The van der Waals surface area contributed by atoms with Crippen molar-refractivity contribution in [2.75, 3.05) is 25.5 Å². The van der Waals surface area contributed by atoms with Gasteiger partial charge in [-0.25, -0.2) is 4.39 Å². The SMILES string of the molecule is CN(C)c1ccc(C(=O)NCC(=O)c2cccs2)c(F)c1. The van der Waals surface area contributed by atoms with E-state index in [9.17, 15) is 14.0 Å². The Bertz CT molecular complexity index is 654. The summed E-state index contributed by atoms with van der Waals surface area (Å²) in [6.45, 7) is -0.145. The van der Waals surface area contributed by atoms with Crippen LogP contribution in [-0.4, -0.2) is 32.3 Å². The molecule has 110 valence electrons. The number of amides is 1. The van der Waals surface area contributed by atoms with Crippen molar-refractivity contribution in [1.29, 1.82) is 0 Å². The Hall–Kier alpha value is -2.21. The summed E-state index contributed by atoms with van der Waals surface area (Å²) in [5.74, 6) is -1.39. The van der Waals surface area contributed by atoms with Gasteiger partial charge in [-0.05, 0) is 29.6 Å². The summed E-state index contributed by atoms with van der Waals surface area (Å²) in [5, 5.41) is 4.23. The van der Waals surface area contributed by atoms with Crippen LogP contribution in [0.4, 0.5) is 10.1 Å². The zero-order chi connectivity index (χ0) is 15.4. The number of hydrogen-bond acceptors (Lipinski definition) is 4. The van der Waals surface area contributed by atoms with Crippen LogP contribution in [-0.2, 0) is 0 Å². The lowest BCUT2D eigenvalue weighted by Gasteiger charge is -2.13. The number of anilines is 1. The summed E-state index contributed by atoms with van der Waals surface area (Å²) in [6.07, 6.45) is 0. The molecule has 0 saturated carbocycles. The maximum Gasteiger partial charge on any atom is 0.254 e. The summed E-state index contributed by atoms with van der Waals surface area (Å²) >= 11 is 1.31. The van der Waals surface area contributed by atoms with E-state index in [1.54, 1.807) is 42.6 Å². The monoisotopic (exact) mass is 306 g/mol. The van der Waals surface area contributed by atoms with Gasteiger partial charge in [-0.15, -0.1) is 11.3 Å². The first-order valence-corrected chi connectivity index (χ1v) is 7.19. The fourth-order valence-corrected chi connectivity index (χ4v) is 2.41. The Morgan fingerprint density at radius 2 is 2.05 bits per heavy atom. The number of thiophene rings is 1. The van der Waals surface area contributed by atoms with Gasteiger partial charge in [0.25, 0.3) is 5.91 Å². The van der Waals surface area contributed by atoms with Gasteiger partial charge >= 0.3 is 0 Å². The topological polar surface area (TPSA) is 49.4 Å². The summed E-state index contributed by atoms with van der Waals surface area (Å²) in [7, 11) is 3.57. The lowest BCUT2D eigenvalue weighted by Crippen LogP contribution is -2.30. The maximum absolute atomic E-state index is 13.9. The van der Waals surface area contributed by atoms with Crippen LogP contribution in [0.2, 0.25) is 0 Å². The van der Waals surface area contributed by atoms with Gasteiger partial charge in [-0.2, -0.15) is 0 Å². The average molecular weight is 306 g/mol. The number of carbonyl (C=O) groups is 2. The van der Waals surface area contributed by atoms with E-state index in [-0.39, 0.29) is 17.9 Å². The van der Waals surface area contributed by atoms with Crippen molar-refractivity contribution in [3.63, 3.8) is 0 Å². The van der Waals surface area contributed by atoms with E-state index in [4.69, 9.17) is 0 Å². The Kier molecular flexibility index (Phi) is 4.70. The normalized spacial score (nSPS) is 10.2. The van der Waals surface area contributed by atoms with Crippen molar-refractivity contribution in [3.8, 4) is 0 Å². The molecule has 1 N–H and O–H groups in total. The summed E-state index contributed by atoms with van der Waals surface area (Å²) in [6, 6.07) is 7.80. The highest BCUT2D eigenvalue weighted by Gasteiger charge is 2.14. The number of rotatable bonds is 5. The molecule has 0 saturated heterocycles. The number of hydrogen-bond donors (Lipinski definition) is 1. The molecule has 0 fully saturated rings. The fraction of sp³-hybridized carbons (Fsp3) is 0.200. The quantitative estimate of drug-likeness (QED) is 0.864. The van der Waals surface area contributed by atoms with Gasteiger partial charge in [-0.1, -0.05) is 6.07 Å². The van der Waals surface area contributed by atoms with Crippen LogP contribution in [0.3, 0.4) is 0 Å². The smallest absolute Gasteiger partial charge is 0.254 e. The summed E-state index contributed by atoms with van der Waals surface area (Å²) in [5.41, 5.74) is 0.596. The third-order valence-corrected chi connectivity index (χ3v) is 3.83. The number of carbonyl (C=O) groups excluding carboxylic acids is 2. The van der Waals surface area contributed by atoms with Crippen molar-refractivity contribution in [1.82, 2.24) is 5.32 Å². The lowest BCUT2D eigenvalue weighted by atomic mass is 10.1. The molecule has 2 aromatic rings. The predicted octanol–water partition coefficient (Wildman–Crippen LogP) is 2.57. The number of nitrogens with one attached hydrogen (secondary N) is 1. The summed E-state index contributed by atoms with van der Waals surface area (Å²) in [4.78, 5) is 26.0. The van der Waals surface area contributed by atoms with E-state index in [0.29, 0.717) is 10.6 Å². The molecule has 1 aromatic heterocycles. The molecule has 6 heteroatoms. The van der Waals surface area contributed by atoms with Crippen molar-refractivity contribution in [2.24, 2.45) is 0 Å². The molecule has 0 radical (unpaired) electrons. The minimum atomic E-state index is -0.609. The maximum atomic E-state index is 13.9. The minimum Gasteiger partial charge on any atom is -0.378 e. The van der Waals surface area contributed by atoms with Gasteiger partial charge in [0, 0.05) is 19.8 Å². The first-order valence-electron chi connectivity index (χ1n) is 6.31. The Labute approximate surface area is 126 Å². The van der Waals surface area contributed by atoms with Crippen LogP contribution >= 0.6 is 11.3 Å². The number of Topliss-reactive ketones (excluding diaryl/α,β-unsaturated/α-hetero) is 1. The van der Waals surface area contributed by atoms with Gasteiger partial charge in [0.05, 0.1) is 17.0 Å².